The molecule has 0 spiro atoms. The van der Waals surface area contributed by atoms with E-state index in [1.807, 2.05) is 6.92 Å². The minimum Gasteiger partial charge on any atom is -0.475 e. The molecule has 0 aliphatic carbocycles. The maximum atomic E-state index is 10.7. The number of hydrogen-bond donors (Lipinski definition) is 1. The molecule has 2 heterocycles. The largest absolute Gasteiger partial charge is 0.475 e. The lowest BCUT2D eigenvalue weighted by molar-refractivity contribution is 0.0657. The van der Waals surface area contributed by atoms with Crippen LogP contribution in [0.15, 0.2) is 4.42 Å². The Hall–Kier alpha value is -1.36. The maximum absolute atomic E-state index is 10.7. The summed E-state index contributed by atoms with van der Waals surface area (Å²) in [5.74, 6) is -0.566. The zero-order valence-corrected chi connectivity index (χ0v) is 8.69. The Labute approximate surface area is 87.1 Å². The predicted molar refractivity (Wildman–Crippen MR) is 51.0 cm³/mol. The number of nitrogens with zero attached hydrogens (tertiary/aromatic N) is 1. The van der Waals surface area contributed by atoms with Gasteiger partial charge in [0, 0.05) is 0 Å². The zero-order chi connectivity index (χ0) is 11.0. The van der Waals surface area contributed by atoms with E-state index >= 15 is 0 Å². The third-order valence-corrected chi connectivity index (χ3v) is 2.55. The molecule has 1 aromatic rings. The average Bonchev–Trinajstić information content (AvgIpc) is 2.71. The molecule has 1 aromatic heterocycles. The standard InChI is InChI=1S/C10H13NO4/c1-5-3-7(4-14-5)9-11-6(2)8(15-9)10(12)13/h5,7H,3-4H2,1-2H3,(H,12,13). The van der Waals surface area contributed by atoms with Crippen molar-refractivity contribution in [3.8, 4) is 0 Å². The third kappa shape index (κ3) is 1.87. The summed E-state index contributed by atoms with van der Waals surface area (Å²) in [6.07, 6.45) is 1.02. The monoisotopic (exact) mass is 211 g/mol. The molecule has 82 valence electrons. The smallest absolute Gasteiger partial charge is 0.373 e. The van der Waals surface area contributed by atoms with Crippen LogP contribution < -0.4 is 0 Å². The van der Waals surface area contributed by atoms with E-state index in [9.17, 15) is 4.79 Å². The van der Waals surface area contributed by atoms with Crippen molar-refractivity contribution in [1.29, 1.82) is 0 Å². The predicted octanol–water partition coefficient (Wildman–Crippen LogP) is 1.57. The van der Waals surface area contributed by atoms with Crippen LogP contribution in [0.1, 0.15) is 41.4 Å². The average molecular weight is 211 g/mol. The molecule has 5 nitrogen and oxygen atoms in total. The fraction of sp³-hybridized carbons (Fsp3) is 0.600. The van der Waals surface area contributed by atoms with Crippen LogP contribution >= 0.6 is 0 Å². The van der Waals surface area contributed by atoms with Gasteiger partial charge in [0.2, 0.25) is 11.7 Å². The number of carboxylic acid groups (broad SMARTS) is 1. The van der Waals surface area contributed by atoms with E-state index in [0.717, 1.165) is 6.42 Å². The number of hydrogen-bond acceptors (Lipinski definition) is 4. The van der Waals surface area contributed by atoms with Gasteiger partial charge in [0.15, 0.2) is 0 Å². The van der Waals surface area contributed by atoms with Crippen molar-refractivity contribution in [3.05, 3.63) is 17.3 Å². The molecule has 15 heavy (non-hydrogen) atoms. The van der Waals surface area contributed by atoms with E-state index in [2.05, 4.69) is 4.98 Å². The third-order valence-electron chi connectivity index (χ3n) is 2.55. The van der Waals surface area contributed by atoms with E-state index in [0.29, 0.717) is 18.2 Å². The molecule has 2 rings (SSSR count). The van der Waals surface area contributed by atoms with Crippen molar-refractivity contribution < 1.29 is 19.1 Å². The first-order valence-corrected chi connectivity index (χ1v) is 4.90. The van der Waals surface area contributed by atoms with Crippen molar-refractivity contribution in [2.75, 3.05) is 6.61 Å². The second-order valence-electron chi connectivity index (χ2n) is 3.85. The molecule has 2 unspecified atom stereocenters. The Morgan fingerprint density at radius 3 is 2.80 bits per heavy atom. The number of aryl methyl sites for hydroxylation is 1. The van der Waals surface area contributed by atoms with Crippen LogP contribution in [0.3, 0.4) is 0 Å². The van der Waals surface area contributed by atoms with Crippen LogP contribution in [0.25, 0.3) is 0 Å². The van der Waals surface area contributed by atoms with Crippen molar-refractivity contribution in [2.45, 2.75) is 32.3 Å². The van der Waals surface area contributed by atoms with Crippen molar-refractivity contribution in [1.82, 2.24) is 4.98 Å². The molecule has 0 aromatic carbocycles. The van der Waals surface area contributed by atoms with Gasteiger partial charge in [0.05, 0.1) is 24.3 Å². The Bertz CT molecular complexity index is 385. The maximum Gasteiger partial charge on any atom is 0.373 e. The lowest BCUT2D eigenvalue weighted by atomic mass is 10.1. The molecule has 0 saturated carbocycles. The van der Waals surface area contributed by atoms with Gasteiger partial charge in [0.25, 0.3) is 0 Å². The SMILES string of the molecule is Cc1nc(C2COC(C)C2)oc1C(=O)O. The number of ether oxygens (including phenoxy) is 1. The van der Waals surface area contributed by atoms with Gasteiger partial charge in [-0.25, -0.2) is 9.78 Å². The van der Waals surface area contributed by atoms with Gasteiger partial charge in [-0.1, -0.05) is 0 Å². The van der Waals surface area contributed by atoms with Crippen LogP contribution in [0.2, 0.25) is 0 Å². The lowest BCUT2D eigenvalue weighted by Gasteiger charge is -1.99. The van der Waals surface area contributed by atoms with Crippen LogP contribution in [0.5, 0.6) is 0 Å². The topological polar surface area (TPSA) is 72.6 Å². The van der Waals surface area contributed by atoms with E-state index in [1.165, 1.54) is 0 Å². The summed E-state index contributed by atoms with van der Waals surface area (Å²) >= 11 is 0. The number of carbonyl (C=O) groups is 1. The quantitative estimate of drug-likeness (QED) is 0.803. The number of oxazole rings is 1. The molecule has 0 amide bonds. The minimum absolute atomic E-state index is 0.0652. The van der Waals surface area contributed by atoms with Gasteiger partial charge in [0.1, 0.15) is 0 Å². The molecule has 1 aliphatic heterocycles. The van der Waals surface area contributed by atoms with E-state index in [-0.39, 0.29) is 17.8 Å². The highest BCUT2D eigenvalue weighted by Gasteiger charge is 2.29. The molecule has 5 heteroatoms. The Kier molecular flexibility index (Phi) is 2.48. The summed E-state index contributed by atoms with van der Waals surface area (Å²) in [6, 6.07) is 0. The van der Waals surface area contributed by atoms with Gasteiger partial charge in [-0.3, -0.25) is 0 Å². The molecule has 1 saturated heterocycles. The first-order chi connectivity index (χ1) is 7.08. The summed E-state index contributed by atoms with van der Waals surface area (Å²) in [5.41, 5.74) is 0.428. The lowest BCUT2D eigenvalue weighted by Crippen LogP contribution is -1.98. The summed E-state index contributed by atoms with van der Waals surface area (Å²) in [5, 5.41) is 8.81. The zero-order valence-electron chi connectivity index (χ0n) is 8.69. The molecular formula is C10H13NO4. The van der Waals surface area contributed by atoms with Gasteiger partial charge in [-0.15, -0.1) is 0 Å². The highest BCUT2D eigenvalue weighted by atomic mass is 16.5. The summed E-state index contributed by atoms with van der Waals surface area (Å²) in [6.45, 7) is 4.17. The van der Waals surface area contributed by atoms with Crippen molar-refractivity contribution in [2.24, 2.45) is 0 Å². The van der Waals surface area contributed by atoms with Crippen molar-refractivity contribution >= 4 is 5.97 Å². The summed E-state index contributed by atoms with van der Waals surface area (Å²) in [7, 11) is 0. The molecule has 1 aliphatic rings. The number of aromatic nitrogens is 1. The Morgan fingerprint density at radius 1 is 1.60 bits per heavy atom. The van der Waals surface area contributed by atoms with Crippen molar-refractivity contribution in [3.63, 3.8) is 0 Å². The molecule has 2 atom stereocenters. The van der Waals surface area contributed by atoms with E-state index < -0.39 is 5.97 Å². The first-order valence-electron chi connectivity index (χ1n) is 4.90. The molecule has 1 fully saturated rings. The molecule has 1 N–H and O–H groups in total. The normalized spacial score (nSPS) is 25.7. The van der Waals surface area contributed by atoms with Gasteiger partial charge < -0.3 is 14.3 Å². The van der Waals surface area contributed by atoms with Crippen LogP contribution in [-0.4, -0.2) is 28.8 Å². The van der Waals surface area contributed by atoms with E-state index in [1.54, 1.807) is 6.92 Å². The summed E-state index contributed by atoms with van der Waals surface area (Å²) in [4.78, 5) is 14.9. The molecular weight excluding hydrogens is 198 g/mol. The highest BCUT2D eigenvalue weighted by molar-refractivity contribution is 5.85. The minimum atomic E-state index is -1.07. The van der Waals surface area contributed by atoms with Gasteiger partial charge >= 0.3 is 5.97 Å². The van der Waals surface area contributed by atoms with Gasteiger partial charge in [-0.05, 0) is 20.3 Å². The molecule has 0 radical (unpaired) electrons. The van der Waals surface area contributed by atoms with E-state index in [4.69, 9.17) is 14.3 Å². The highest BCUT2D eigenvalue weighted by Crippen LogP contribution is 2.29. The second-order valence-corrected chi connectivity index (χ2v) is 3.85. The number of carboxylic acids is 1. The summed E-state index contributed by atoms with van der Waals surface area (Å²) < 4.78 is 10.6. The van der Waals surface area contributed by atoms with Crippen LogP contribution in [0, 0.1) is 6.92 Å². The van der Waals surface area contributed by atoms with Crippen LogP contribution in [-0.2, 0) is 4.74 Å². The Morgan fingerprint density at radius 2 is 2.33 bits per heavy atom. The van der Waals surface area contributed by atoms with Gasteiger partial charge in [-0.2, -0.15) is 0 Å². The second kappa shape index (κ2) is 3.66. The fourth-order valence-electron chi connectivity index (χ4n) is 1.78. The first kappa shape index (κ1) is 10.2. The fourth-order valence-corrected chi connectivity index (χ4v) is 1.78. The number of aromatic carboxylic acids is 1. The van der Waals surface area contributed by atoms with Crippen LogP contribution in [0.4, 0.5) is 0 Å². The Balaban J connectivity index is 2.23. The number of rotatable bonds is 2. The molecule has 0 bridgehead atoms.